The molecule has 2 N–H and O–H groups in total. The molecule has 30 heavy (non-hydrogen) atoms. The van der Waals surface area contributed by atoms with Crippen LogP contribution in [0.1, 0.15) is 47.2 Å². The van der Waals surface area contributed by atoms with Crippen LogP contribution in [0.4, 0.5) is 5.69 Å². The van der Waals surface area contributed by atoms with Crippen molar-refractivity contribution in [3.63, 3.8) is 0 Å². The summed E-state index contributed by atoms with van der Waals surface area (Å²) >= 11 is 6.01. The molecule has 2 heterocycles. The van der Waals surface area contributed by atoms with Crippen molar-refractivity contribution in [1.82, 2.24) is 10.2 Å². The number of fused-ring (bicyclic) bond motifs is 1. The zero-order chi connectivity index (χ0) is 21.4. The van der Waals surface area contributed by atoms with Crippen molar-refractivity contribution in [2.75, 3.05) is 18.9 Å². The van der Waals surface area contributed by atoms with Crippen molar-refractivity contribution in [3.8, 4) is 0 Å². The lowest BCUT2D eigenvalue weighted by Crippen LogP contribution is -2.57. The second-order valence-electron chi connectivity index (χ2n) is 8.65. The molecule has 0 bridgehead atoms. The number of amides is 2. The third-order valence-corrected chi connectivity index (χ3v) is 6.78. The van der Waals surface area contributed by atoms with Crippen molar-refractivity contribution in [2.45, 2.75) is 44.7 Å². The van der Waals surface area contributed by atoms with Gasteiger partial charge in [-0.25, -0.2) is 0 Å². The number of halogens is 1. The summed E-state index contributed by atoms with van der Waals surface area (Å²) < 4.78 is 0. The van der Waals surface area contributed by atoms with Gasteiger partial charge < -0.3 is 15.5 Å². The Labute approximate surface area is 182 Å². The number of rotatable bonds is 3. The lowest BCUT2D eigenvalue weighted by Gasteiger charge is -2.47. The van der Waals surface area contributed by atoms with E-state index in [1.54, 1.807) is 24.3 Å². The number of carbonyl (C=O) groups is 2. The second kappa shape index (κ2) is 8.40. The van der Waals surface area contributed by atoms with Gasteiger partial charge in [-0.05, 0) is 74.1 Å². The highest BCUT2D eigenvalue weighted by atomic mass is 35.5. The maximum absolute atomic E-state index is 13.2. The van der Waals surface area contributed by atoms with E-state index in [2.05, 4.69) is 17.6 Å². The average Bonchev–Trinajstić information content (AvgIpc) is 2.72. The van der Waals surface area contributed by atoms with E-state index >= 15 is 0 Å². The zero-order valence-corrected chi connectivity index (χ0v) is 18.4. The van der Waals surface area contributed by atoms with Gasteiger partial charge in [0.2, 0.25) is 5.91 Å². The molecule has 6 heteroatoms. The van der Waals surface area contributed by atoms with Crippen LogP contribution >= 0.6 is 11.6 Å². The summed E-state index contributed by atoms with van der Waals surface area (Å²) in [6.07, 6.45) is 1.83. The molecule has 0 spiro atoms. The van der Waals surface area contributed by atoms with Gasteiger partial charge in [-0.3, -0.25) is 9.59 Å². The van der Waals surface area contributed by atoms with Gasteiger partial charge in [0.25, 0.3) is 5.91 Å². The Morgan fingerprint density at radius 1 is 1.20 bits per heavy atom. The molecule has 2 aliphatic heterocycles. The fraction of sp³-hybridized carbons (Fsp3) is 0.417. The number of hydrogen-bond donors (Lipinski definition) is 2. The summed E-state index contributed by atoms with van der Waals surface area (Å²) in [7, 11) is 1.93. The number of hydrogen-bond acceptors (Lipinski definition) is 3. The lowest BCUT2D eigenvalue weighted by atomic mass is 9.75. The smallest absolute Gasteiger partial charge is 0.255 e. The number of likely N-dealkylation sites (tertiary alicyclic amines) is 1. The maximum Gasteiger partial charge on any atom is 0.255 e. The van der Waals surface area contributed by atoms with Crippen LogP contribution in [-0.2, 0) is 4.79 Å². The molecule has 0 radical (unpaired) electrons. The van der Waals surface area contributed by atoms with E-state index < -0.39 is 0 Å². The van der Waals surface area contributed by atoms with E-state index in [4.69, 9.17) is 11.6 Å². The van der Waals surface area contributed by atoms with Crippen LogP contribution in [0.15, 0.2) is 42.5 Å². The first-order valence-electron chi connectivity index (χ1n) is 10.5. The Bertz CT molecular complexity index is 977. The van der Waals surface area contributed by atoms with Gasteiger partial charge in [-0.1, -0.05) is 23.7 Å². The summed E-state index contributed by atoms with van der Waals surface area (Å²) in [4.78, 5) is 27.8. The molecule has 2 aromatic rings. The van der Waals surface area contributed by atoms with Crippen molar-refractivity contribution in [3.05, 3.63) is 64.2 Å². The van der Waals surface area contributed by atoms with Crippen molar-refractivity contribution >= 4 is 29.1 Å². The fourth-order valence-electron chi connectivity index (χ4n) is 4.84. The topological polar surface area (TPSA) is 61.4 Å². The number of piperidine rings is 2. The molecule has 0 aliphatic carbocycles. The lowest BCUT2D eigenvalue weighted by molar-refractivity contribution is -0.140. The number of carbonyl (C=O) groups excluding carboxylic acids is 2. The van der Waals surface area contributed by atoms with Crippen LogP contribution in [0.25, 0.3) is 0 Å². The Morgan fingerprint density at radius 2 is 2.00 bits per heavy atom. The van der Waals surface area contributed by atoms with Crippen LogP contribution in [0.5, 0.6) is 0 Å². The molecule has 2 fully saturated rings. The standard InChI is InChI=1S/C24H28ClN3O2/c1-14-7-8-19(27-23(29)16-5-4-6-18(25)10-16)12-20(14)21-11-17-13-26-15(2)9-22(17)28(3)24(21)30/h4-8,10,12,15,17,21-22,26H,9,11,13H2,1-3H3,(H,27,29). The first-order chi connectivity index (χ1) is 14.3. The van der Waals surface area contributed by atoms with Crippen molar-refractivity contribution in [1.29, 1.82) is 0 Å². The predicted molar refractivity (Wildman–Crippen MR) is 120 cm³/mol. The Balaban J connectivity index is 1.57. The number of anilines is 1. The van der Waals surface area contributed by atoms with Gasteiger partial charge in [0.15, 0.2) is 0 Å². The minimum Gasteiger partial charge on any atom is -0.342 e. The molecule has 2 amide bonds. The van der Waals surface area contributed by atoms with E-state index in [1.165, 1.54) is 0 Å². The van der Waals surface area contributed by atoms with Crippen LogP contribution in [0.3, 0.4) is 0 Å². The van der Waals surface area contributed by atoms with Gasteiger partial charge in [-0.2, -0.15) is 0 Å². The molecular formula is C24H28ClN3O2. The molecule has 4 rings (SSSR count). The molecule has 0 saturated carbocycles. The summed E-state index contributed by atoms with van der Waals surface area (Å²) in [6.45, 7) is 5.14. The minimum absolute atomic E-state index is 0.173. The first-order valence-corrected chi connectivity index (χ1v) is 10.9. The molecule has 5 nitrogen and oxygen atoms in total. The Morgan fingerprint density at radius 3 is 2.77 bits per heavy atom. The summed E-state index contributed by atoms with van der Waals surface area (Å²) in [5.74, 6) is 0.212. The Kier molecular flexibility index (Phi) is 5.85. The third-order valence-electron chi connectivity index (χ3n) is 6.55. The van der Waals surface area contributed by atoms with Crippen molar-refractivity contribution in [2.24, 2.45) is 5.92 Å². The largest absolute Gasteiger partial charge is 0.342 e. The van der Waals surface area contributed by atoms with Gasteiger partial charge in [0.05, 0.1) is 5.92 Å². The average molecular weight is 426 g/mol. The summed E-state index contributed by atoms with van der Waals surface area (Å²) in [6, 6.07) is 13.4. The molecule has 4 atom stereocenters. The van der Waals surface area contributed by atoms with Crippen LogP contribution in [-0.4, -0.2) is 42.4 Å². The van der Waals surface area contributed by atoms with E-state index in [-0.39, 0.29) is 17.7 Å². The fourth-order valence-corrected chi connectivity index (χ4v) is 5.03. The zero-order valence-electron chi connectivity index (χ0n) is 17.6. The molecule has 2 aromatic carbocycles. The molecule has 2 saturated heterocycles. The van der Waals surface area contributed by atoms with E-state index in [0.29, 0.717) is 34.3 Å². The molecule has 158 valence electrons. The van der Waals surface area contributed by atoms with E-state index in [9.17, 15) is 9.59 Å². The maximum atomic E-state index is 13.2. The third kappa shape index (κ3) is 4.09. The highest BCUT2D eigenvalue weighted by Gasteiger charge is 2.43. The van der Waals surface area contributed by atoms with Gasteiger partial charge in [-0.15, -0.1) is 0 Å². The van der Waals surface area contributed by atoms with Gasteiger partial charge in [0.1, 0.15) is 0 Å². The number of benzene rings is 2. The van der Waals surface area contributed by atoms with E-state index in [1.807, 2.05) is 37.1 Å². The van der Waals surface area contributed by atoms with E-state index in [0.717, 1.165) is 30.5 Å². The number of nitrogens with one attached hydrogen (secondary N) is 2. The second-order valence-corrected chi connectivity index (χ2v) is 9.08. The summed E-state index contributed by atoms with van der Waals surface area (Å²) in [5, 5.41) is 7.02. The number of aryl methyl sites for hydroxylation is 1. The quantitative estimate of drug-likeness (QED) is 0.774. The normalized spacial score (nSPS) is 26.3. The minimum atomic E-state index is -0.218. The molecular weight excluding hydrogens is 398 g/mol. The number of nitrogens with zero attached hydrogens (tertiary/aromatic N) is 1. The van der Waals surface area contributed by atoms with Gasteiger partial charge >= 0.3 is 0 Å². The van der Waals surface area contributed by atoms with Gasteiger partial charge in [0, 0.05) is 41.9 Å². The molecule has 4 unspecified atom stereocenters. The SMILES string of the molecule is Cc1ccc(NC(=O)c2cccc(Cl)c2)cc1C1CC2CNC(C)CC2N(C)C1=O. The Hall–Kier alpha value is -2.37. The van der Waals surface area contributed by atoms with Crippen LogP contribution in [0, 0.1) is 12.8 Å². The molecule has 0 aromatic heterocycles. The number of likely N-dealkylation sites (N-methyl/N-ethyl adjacent to an activating group) is 1. The highest BCUT2D eigenvalue weighted by Crippen LogP contribution is 2.39. The predicted octanol–water partition coefficient (Wildman–Crippen LogP) is 4.21. The van der Waals surface area contributed by atoms with Crippen LogP contribution < -0.4 is 10.6 Å². The monoisotopic (exact) mass is 425 g/mol. The summed E-state index contributed by atoms with van der Waals surface area (Å²) in [5.41, 5.74) is 3.25. The molecule has 2 aliphatic rings. The first kappa shape index (κ1) is 20.9. The van der Waals surface area contributed by atoms with Crippen molar-refractivity contribution < 1.29 is 9.59 Å². The van der Waals surface area contributed by atoms with Crippen LogP contribution in [0.2, 0.25) is 5.02 Å². The highest BCUT2D eigenvalue weighted by molar-refractivity contribution is 6.31.